The molecule has 1 fully saturated rings. The Morgan fingerprint density at radius 3 is 2.28 bits per heavy atom. The second-order valence-corrected chi connectivity index (χ2v) is 8.17. The Labute approximate surface area is 177 Å². The van der Waals surface area contributed by atoms with E-state index in [0.29, 0.717) is 0 Å². The summed E-state index contributed by atoms with van der Waals surface area (Å²) in [7, 11) is 0. The van der Waals surface area contributed by atoms with Crippen molar-refractivity contribution in [2.75, 3.05) is 26.4 Å². The third-order valence-corrected chi connectivity index (χ3v) is 5.52. The van der Waals surface area contributed by atoms with E-state index in [0.717, 1.165) is 51.3 Å². The summed E-state index contributed by atoms with van der Waals surface area (Å²) in [5.41, 5.74) is 1.24. The molecule has 4 nitrogen and oxygen atoms in total. The highest BCUT2D eigenvalue weighted by atomic mass is 16.7. The highest BCUT2D eigenvalue weighted by Crippen LogP contribution is 2.16. The molecule has 0 saturated carbocycles. The molecule has 1 aliphatic rings. The Bertz CT molecular complexity index is 499. The van der Waals surface area contributed by atoms with Gasteiger partial charge in [-0.1, -0.05) is 57.1 Å². The predicted molar refractivity (Wildman–Crippen MR) is 118 cm³/mol. The average molecular weight is 407 g/mol. The van der Waals surface area contributed by atoms with E-state index in [9.17, 15) is 0 Å². The molecule has 1 N–H and O–H groups in total. The molecule has 1 aliphatic heterocycles. The second kappa shape index (κ2) is 16.7. The first kappa shape index (κ1) is 24.2. The molecule has 0 radical (unpaired) electrons. The van der Waals surface area contributed by atoms with Crippen molar-refractivity contribution >= 4 is 0 Å². The van der Waals surface area contributed by atoms with Crippen molar-refractivity contribution in [3.63, 3.8) is 0 Å². The zero-order chi connectivity index (χ0) is 20.4. The zero-order valence-corrected chi connectivity index (χ0v) is 18.3. The fraction of sp³-hybridized carbons (Fsp3) is 0.760. The summed E-state index contributed by atoms with van der Waals surface area (Å²) in [6.45, 7) is 2.77. The fourth-order valence-electron chi connectivity index (χ4n) is 3.76. The van der Waals surface area contributed by atoms with Crippen LogP contribution in [0.3, 0.4) is 0 Å². The van der Waals surface area contributed by atoms with Crippen LogP contribution in [-0.4, -0.2) is 37.8 Å². The van der Waals surface area contributed by atoms with Gasteiger partial charge in [0.05, 0.1) is 6.61 Å². The minimum atomic E-state index is 0.0722. The topological polar surface area (TPSA) is 47.9 Å². The summed E-state index contributed by atoms with van der Waals surface area (Å²) >= 11 is 0. The summed E-state index contributed by atoms with van der Waals surface area (Å²) < 4.78 is 17.2. The monoisotopic (exact) mass is 406 g/mol. The summed E-state index contributed by atoms with van der Waals surface area (Å²) in [5, 5.41) is 8.93. The number of hydrogen-bond donors (Lipinski definition) is 1. The van der Waals surface area contributed by atoms with Crippen molar-refractivity contribution in [2.24, 2.45) is 0 Å². The van der Waals surface area contributed by atoms with E-state index in [2.05, 4.69) is 12.1 Å². The van der Waals surface area contributed by atoms with E-state index in [4.69, 9.17) is 19.3 Å². The molecule has 29 heavy (non-hydrogen) atoms. The Kier molecular flexibility index (Phi) is 13.9. The van der Waals surface area contributed by atoms with E-state index in [-0.39, 0.29) is 12.9 Å². The maximum Gasteiger partial charge on any atom is 0.157 e. The SMILES string of the molecule is OCCCc1cccc(OCCCCCCCCCCCOC2CCCCO2)c1. The van der Waals surface area contributed by atoms with Crippen molar-refractivity contribution in [2.45, 2.75) is 96.2 Å². The van der Waals surface area contributed by atoms with E-state index in [1.54, 1.807) is 0 Å². The summed E-state index contributed by atoms with van der Waals surface area (Å²) in [6, 6.07) is 8.26. The van der Waals surface area contributed by atoms with E-state index in [1.807, 2.05) is 12.1 Å². The van der Waals surface area contributed by atoms with Crippen molar-refractivity contribution in [1.29, 1.82) is 0 Å². The maximum absolute atomic E-state index is 8.93. The van der Waals surface area contributed by atoms with Gasteiger partial charge in [-0.3, -0.25) is 0 Å². The number of unbranched alkanes of at least 4 members (excludes halogenated alkanes) is 8. The van der Waals surface area contributed by atoms with E-state index < -0.39 is 0 Å². The normalized spacial score (nSPS) is 16.8. The van der Waals surface area contributed by atoms with Gasteiger partial charge in [0, 0.05) is 19.8 Å². The van der Waals surface area contributed by atoms with Gasteiger partial charge in [-0.2, -0.15) is 0 Å². The molecule has 1 aromatic rings. The molecule has 0 spiro atoms. The van der Waals surface area contributed by atoms with Gasteiger partial charge in [-0.25, -0.2) is 0 Å². The lowest BCUT2D eigenvalue weighted by atomic mass is 10.1. The molecular weight excluding hydrogens is 364 g/mol. The van der Waals surface area contributed by atoms with Crippen LogP contribution < -0.4 is 4.74 Å². The second-order valence-electron chi connectivity index (χ2n) is 8.17. The summed E-state index contributed by atoms with van der Waals surface area (Å²) in [4.78, 5) is 0. The highest BCUT2D eigenvalue weighted by Gasteiger charge is 2.13. The minimum absolute atomic E-state index is 0.0722. The first-order chi connectivity index (χ1) is 14.4. The minimum Gasteiger partial charge on any atom is -0.494 e. The predicted octanol–water partition coefficient (Wildman–Crippen LogP) is 6.04. The number of ether oxygens (including phenoxy) is 3. The molecule has 0 bridgehead atoms. The summed E-state index contributed by atoms with van der Waals surface area (Å²) in [6.07, 6.45) is 16.8. The fourth-order valence-corrected chi connectivity index (χ4v) is 3.76. The van der Waals surface area contributed by atoms with Crippen LogP contribution in [0.4, 0.5) is 0 Å². The van der Waals surface area contributed by atoms with Crippen LogP contribution in [0, 0.1) is 0 Å². The molecule has 1 unspecified atom stereocenters. The molecule has 4 heteroatoms. The van der Waals surface area contributed by atoms with Crippen LogP contribution in [0.15, 0.2) is 24.3 Å². The number of aryl methyl sites for hydroxylation is 1. The molecule has 0 aliphatic carbocycles. The lowest BCUT2D eigenvalue weighted by Crippen LogP contribution is -2.22. The van der Waals surface area contributed by atoms with Crippen molar-refractivity contribution in [3.05, 3.63) is 29.8 Å². The van der Waals surface area contributed by atoms with Gasteiger partial charge in [0.1, 0.15) is 5.75 Å². The lowest BCUT2D eigenvalue weighted by Gasteiger charge is -2.22. The Balaban J connectivity index is 1.33. The molecule has 0 aromatic heterocycles. The van der Waals surface area contributed by atoms with Gasteiger partial charge < -0.3 is 19.3 Å². The first-order valence-electron chi connectivity index (χ1n) is 11.9. The Morgan fingerprint density at radius 2 is 1.59 bits per heavy atom. The smallest absolute Gasteiger partial charge is 0.157 e. The maximum atomic E-state index is 8.93. The summed E-state index contributed by atoms with van der Waals surface area (Å²) in [5.74, 6) is 0.958. The van der Waals surface area contributed by atoms with Crippen molar-refractivity contribution < 1.29 is 19.3 Å². The molecule has 1 heterocycles. The first-order valence-corrected chi connectivity index (χ1v) is 11.9. The van der Waals surface area contributed by atoms with E-state index >= 15 is 0 Å². The standard InChI is InChI=1S/C25H42O4/c26-18-13-15-23-14-12-16-24(22-23)27-19-9-6-4-2-1-3-5-7-10-20-28-25-17-8-11-21-29-25/h12,14,16,22,25-26H,1-11,13,15,17-21H2. The largest absolute Gasteiger partial charge is 0.494 e. The number of aliphatic hydroxyl groups is 1. The lowest BCUT2D eigenvalue weighted by molar-refractivity contribution is -0.162. The number of benzene rings is 1. The van der Waals surface area contributed by atoms with Gasteiger partial charge >= 0.3 is 0 Å². The van der Waals surface area contributed by atoms with Crippen LogP contribution >= 0.6 is 0 Å². The Morgan fingerprint density at radius 1 is 0.862 bits per heavy atom. The van der Waals surface area contributed by atoms with Crippen LogP contribution in [0.1, 0.15) is 89.0 Å². The van der Waals surface area contributed by atoms with Gasteiger partial charge in [-0.05, 0) is 62.6 Å². The van der Waals surface area contributed by atoms with Crippen LogP contribution in [0.25, 0.3) is 0 Å². The van der Waals surface area contributed by atoms with Crippen LogP contribution in [0.5, 0.6) is 5.75 Å². The highest BCUT2D eigenvalue weighted by molar-refractivity contribution is 5.28. The molecule has 1 saturated heterocycles. The van der Waals surface area contributed by atoms with Crippen LogP contribution in [0.2, 0.25) is 0 Å². The zero-order valence-electron chi connectivity index (χ0n) is 18.3. The van der Waals surface area contributed by atoms with E-state index in [1.165, 1.54) is 69.8 Å². The average Bonchev–Trinajstić information content (AvgIpc) is 2.76. The third-order valence-electron chi connectivity index (χ3n) is 5.52. The number of aliphatic hydroxyl groups excluding tert-OH is 1. The number of hydrogen-bond acceptors (Lipinski definition) is 4. The quantitative estimate of drug-likeness (QED) is 0.320. The molecule has 1 aromatic carbocycles. The molecule has 166 valence electrons. The van der Waals surface area contributed by atoms with Crippen LogP contribution in [-0.2, 0) is 15.9 Å². The molecular formula is C25H42O4. The van der Waals surface area contributed by atoms with Gasteiger partial charge in [-0.15, -0.1) is 0 Å². The molecule has 1 atom stereocenters. The molecule has 0 amide bonds. The van der Waals surface area contributed by atoms with Crippen molar-refractivity contribution in [1.82, 2.24) is 0 Å². The van der Waals surface area contributed by atoms with Gasteiger partial charge in [0.25, 0.3) is 0 Å². The third kappa shape index (κ3) is 12.2. The van der Waals surface area contributed by atoms with Crippen molar-refractivity contribution in [3.8, 4) is 5.75 Å². The number of rotatable bonds is 17. The van der Waals surface area contributed by atoms with Gasteiger partial charge in [0.15, 0.2) is 6.29 Å². The molecule has 2 rings (SSSR count). The Hall–Kier alpha value is -1.10. The van der Waals surface area contributed by atoms with Gasteiger partial charge in [0.2, 0.25) is 0 Å².